The molecule has 43 heavy (non-hydrogen) atoms. The maximum Gasteiger partial charge on any atom is 0.328 e. The highest BCUT2D eigenvalue weighted by atomic mass is 16.5. The highest BCUT2D eigenvalue weighted by molar-refractivity contribution is 6.05. The van der Waals surface area contributed by atoms with Gasteiger partial charge in [0.05, 0.1) is 11.3 Å². The molecule has 0 saturated carbocycles. The number of benzene rings is 3. The molecule has 2 saturated heterocycles. The number of nitrogens with one attached hydrogen (secondary N) is 1. The SMILES string of the molecule is NC(=O)c1ccc(C2CCN(Cc3ccc(N4CCC(=O)NC4=O)cc3)CC2)nc1-c1ccc(Oc2ccccc2)cc1. The molecule has 0 bridgehead atoms. The summed E-state index contributed by atoms with van der Waals surface area (Å²) in [6, 6.07) is 28.4. The van der Waals surface area contributed by atoms with Gasteiger partial charge in [-0.2, -0.15) is 0 Å². The van der Waals surface area contributed by atoms with Gasteiger partial charge in [0.25, 0.3) is 5.91 Å². The van der Waals surface area contributed by atoms with E-state index in [2.05, 4.69) is 10.2 Å². The molecule has 0 atom stereocenters. The Hall–Kier alpha value is -5.02. The van der Waals surface area contributed by atoms with Crippen LogP contribution in [0.3, 0.4) is 0 Å². The van der Waals surface area contributed by atoms with E-state index in [1.807, 2.05) is 84.9 Å². The summed E-state index contributed by atoms with van der Waals surface area (Å²) in [7, 11) is 0. The number of carbonyl (C=O) groups is 3. The van der Waals surface area contributed by atoms with Crippen LogP contribution >= 0.6 is 0 Å². The van der Waals surface area contributed by atoms with Crippen LogP contribution in [0.15, 0.2) is 91.0 Å². The highest BCUT2D eigenvalue weighted by Gasteiger charge is 2.25. The molecule has 2 aliphatic heterocycles. The molecule has 3 heterocycles. The van der Waals surface area contributed by atoms with E-state index in [9.17, 15) is 14.4 Å². The van der Waals surface area contributed by atoms with Crippen molar-refractivity contribution in [2.45, 2.75) is 31.7 Å². The highest BCUT2D eigenvalue weighted by Crippen LogP contribution is 2.32. The summed E-state index contributed by atoms with van der Waals surface area (Å²) in [5.41, 5.74) is 10.4. The van der Waals surface area contributed by atoms with Crippen molar-refractivity contribution in [2.75, 3.05) is 24.5 Å². The summed E-state index contributed by atoms with van der Waals surface area (Å²) in [6.45, 7) is 3.04. The first-order chi connectivity index (χ1) is 20.9. The first kappa shape index (κ1) is 28.1. The van der Waals surface area contributed by atoms with Gasteiger partial charge in [-0.25, -0.2) is 4.79 Å². The van der Waals surface area contributed by atoms with Gasteiger partial charge in [-0.05, 0) is 92.2 Å². The number of carbonyl (C=O) groups excluding carboxylic acids is 3. The minimum Gasteiger partial charge on any atom is -0.457 e. The number of likely N-dealkylation sites (tertiary alicyclic amines) is 1. The van der Waals surface area contributed by atoms with Gasteiger partial charge in [-0.15, -0.1) is 0 Å². The van der Waals surface area contributed by atoms with Gasteiger partial charge in [-0.1, -0.05) is 30.3 Å². The van der Waals surface area contributed by atoms with Crippen molar-refractivity contribution in [1.29, 1.82) is 0 Å². The third-order valence-electron chi connectivity index (χ3n) is 8.00. The van der Waals surface area contributed by atoms with Crippen molar-refractivity contribution >= 4 is 23.5 Å². The van der Waals surface area contributed by atoms with Crippen molar-refractivity contribution in [1.82, 2.24) is 15.2 Å². The third kappa shape index (κ3) is 6.57. The Morgan fingerprint density at radius 1 is 0.860 bits per heavy atom. The monoisotopic (exact) mass is 575 g/mol. The molecule has 3 aromatic carbocycles. The van der Waals surface area contributed by atoms with E-state index < -0.39 is 5.91 Å². The lowest BCUT2D eigenvalue weighted by atomic mass is 9.91. The molecule has 0 aliphatic carbocycles. The number of hydrogen-bond donors (Lipinski definition) is 2. The zero-order valence-electron chi connectivity index (χ0n) is 23.7. The number of nitrogens with two attached hydrogens (primary N) is 1. The van der Waals surface area contributed by atoms with Crippen LogP contribution in [0.5, 0.6) is 11.5 Å². The van der Waals surface area contributed by atoms with Gasteiger partial charge in [0.2, 0.25) is 5.91 Å². The number of hydrogen-bond acceptors (Lipinski definition) is 6. The molecule has 9 heteroatoms. The second kappa shape index (κ2) is 12.5. The molecule has 1 aromatic heterocycles. The van der Waals surface area contributed by atoms with Gasteiger partial charge in [0.15, 0.2) is 0 Å². The van der Waals surface area contributed by atoms with Crippen molar-refractivity contribution in [2.24, 2.45) is 5.73 Å². The van der Waals surface area contributed by atoms with E-state index in [0.29, 0.717) is 30.0 Å². The first-order valence-electron chi connectivity index (χ1n) is 14.5. The van der Waals surface area contributed by atoms with Gasteiger partial charge in [0.1, 0.15) is 11.5 Å². The lowest BCUT2D eigenvalue weighted by Crippen LogP contribution is -2.49. The topological polar surface area (TPSA) is 118 Å². The number of nitrogens with zero attached hydrogens (tertiary/aromatic N) is 3. The van der Waals surface area contributed by atoms with Gasteiger partial charge in [-0.3, -0.25) is 29.7 Å². The molecule has 2 aliphatic rings. The number of imide groups is 1. The quantitative estimate of drug-likeness (QED) is 0.288. The number of para-hydroxylation sites is 1. The first-order valence-corrected chi connectivity index (χ1v) is 14.5. The molecule has 6 rings (SSSR count). The number of piperidine rings is 1. The van der Waals surface area contributed by atoms with Gasteiger partial charge in [0, 0.05) is 42.4 Å². The minimum absolute atomic E-state index is 0.236. The second-order valence-electron chi connectivity index (χ2n) is 10.9. The standard InChI is InChI=1S/C34H33N5O4/c35-33(41)29-14-15-30(36-32(29)25-8-12-28(13-9-25)43-27-4-2-1-3-5-27)24-16-19-38(20-17-24)22-23-6-10-26(11-7-23)39-21-18-31(40)37-34(39)42/h1-15,24H,16-22H2,(H2,35,41)(H,37,40,42). The fraction of sp³-hybridized carbons (Fsp3) is 0.235. The van der Waals surface area contributed by atoms with Crippen molar-refractivity contribution in [3.8, 4) is 22.8 Å². The molecule has 218 valence electrons. The molecular formula is C34H33N5O4. The maximum absolute atomic E-state index is 12.3. The van der Waals surface area contributed by atoms with E-state index >= 15 is 0 Å². The average Bonchev–Trinajstić information content (AvgIpc) is 3.03. The third-order valence-corrected chi connectivity index (χ3v) is 8.00. The zero-order valence-corrected chi connectivity index (χ0v) is 23.7. The summed E-state index contributed by atoms with van der Waals surface area (Å²) in [5.74, 6) is 0.984. The van der Waals surface area contributed by atoms with Gasteiger partial charge >= 0.3 is 6.03 Å². The fourth-order valence-electron chi connectivity index (χ4n) is 5.66. The molecule has 0 radical (unpaired) electrons. The molecule has 0 unspecified atom stereocenters. The summed E-state index contributed by atoms with van der Waals surface area (Å²) in [6.07, 6.45) is 2.21. The van der Waals surface area contributed by atoms with E-state index in [1.54, 1.807) is 11.0 Å². The Kier molecular flexibility index (Phi) is 8.15. The Balaban J connectivity index is 1.09. The van der Waals surface area contributed by atoms with Crippen molar-refractivity contribution in [3.05, 3.63) is 108 Å². The van der Waals surface area contributed by atoms with Crippen LogP contribution < -0.4 is 20.7 Å². The molecule has 3 N–H and O–H groups in total. The van der Waals surface area contributed by atoms with Crippen LogP contribution in [0, 0.1) is 0 Å². The largest absolute Gasteiger partial charge is 0.457 e. The number of anilines is 1. The molecular weight excluding hydrogens is 542 g/mol. The van der Waals surface area contributed by atoms with Gasteiger partial charge < -0.3 is 10.5 Å². The maximum atomic E-state index is 12.3. The van der Waals surface area contributed by atoms with E-state index in [0.717, 1.165) is 55.2 Å². The van der Waals surface area contributed by atoms with Crippen LogP contribution in [-0.4, -0.2) is 47.4 Å². The van der Waals surface area contributed by atoms with Crippen molar-refractivity contribution in [3.63, 3.8) is 0 Å². The predicted molar refractivity (Wildman–Crippen MR) is 164 cm³/mol. The summed E-state index contributed by atoms with van der Waals surface area (Å²) in [5, 5.41) is 2.36. The summed E-state index contributed by atoms with van der Waals surface area (Å²) < 4.78 is 5.91. The van der Waals surface area contributed by atoms with E-state index in [1.165, 1.54) is 5.56 Å². The number of urea groups is 1. The van der Waals surface area contributed by atoms with Crippen molar-refractivity contribution < 1.29 is 19.1 Å². The summed E-state index contributed by atoms with van der Waals surface area (Å²) in [4.78, 5) is 44.8. The number of amides is 4. The predicted octanol–water partition coefficient (Wildman–Crippen LogP) is 5.47. The number of primary amides is 1. The van der Waals surface area contributed by atoms with E-state index in [4.69, 9.17) is 15.5 Å². The summed E-state index contributed by atoms with van der Waals surface area (Å²) >= 11 is 0. The second-order valence-corrected chi connectivity index (χ2v) is 10.9. The lowest BCUT2D eigenvalue weighted by molar-refractivity contribution is -0.120. The number of rotatable bonds is 8. The fourth-order valence-corrected chi connectivity index (χ4v) is 5.66. The Morgan fingerprint density at radius 3 is 2.23 bits per heavy atom. The minimum atomic E-state index is -0.506. The van der Waals surface area contributed by atoms with Crippen LogP contribution in [0.25, 0.3) is 11.3 Å². The number of pyridine rings is 1. The molecule has 4 aromatic rings. The van der Waals surface area contributed by atoms with Crippen LogP contribution in [0.4, 0.5) is 10.5 Å². The van der Waals surface area contributed by atoms with E-state index in [-0.39, 0.29) is 17.9 Å². The number of aromatic nitrogens is 1. The van der Waals surface area contributed by atoms with Crippen LogP contribution in [0.2, 0.25) is 0 Å². The Labute approximate surface area is 250 Å². The average molecular weight is 576 g/mol. The van der Waals surface area contributed by atoms with Crippen LogP contribution in [0.1, 0.15) is 46.8 Å². The Morgan fingerprint density at radius 2 is 1.56 bits per heavy atom. The lowest BCUT2D eigenvalue weighted by Gasteiger charge is -2.32. The Bertz CT molecular complexity index is 1620. The zero-order chi connectivity index (χ0) is 29.8. The smallest absolute Gasteiger partial charge is 0.328 e. The van der Waals surface area contributed by atoms with Crippen LogP contribution in [-0.2, 0) is 11.3 Å². The normalized spacial score (nSPS) is 16.1. The molecule has 2 fully saturated rings. The molecule has 4 amide bonds. The molecule has 9 nitrogen and oxygen atoms in total. The number of ether oxygens (including phenoxy) is 1. The molecule has 0 spiro atoms.